The molecular formula is C17H15ClN2O5. The predicted molar refractivity (Wildman–Crippen MR) is 92.6 cm³/mol. The largest absolute Gasteiger partial charge is 0.496 e. The summed E-state index contributed by atoms with van der Waals surface area (Å²) in [5.74, 6) is 0.551. The molecule has 1 aromatic carbocycles. The highest BCUT2D eigenvalue weighted by Gasteiger charge is 2.13. The first-order valence-corrected chi connectivity index (χ1v) is 7.92. The Morgan fingerprint density at radius 1 is 1.24 bits per heavy atom. The Kier molecular flexibility index (Phi) is 4.76. The van der Waals surface area contributed by atoms with Crippen LogP contribution in [0, 0.1) is 0 Å². The van der Waals surface area contributed by atoms with E-state index < -0.39 is 11.2 Å². The second-order valence-corrected chi connectivity index (χ2v) is 5.68. The molecule has 1 N–H and O–H groups in total. The smallest absolute Gasteiger partial charge is 0.337 e. The molecule has 0 atom stereocenters. The van der Waals surface area contributed by atoms with E-state index in [0.717, 1.165) is 5.56 Å². The van der Waals surface area contributed by atoms with E-state index >= 15 is 0 Å². The Hall–Kier alpha value is -2.80. The van der Waals surface area contributed by atoms with Crippen LogP contribution in [-0.4, -0.2) is 17.1 Å². The molecule has 0 aliphatic heterocycles. The summed E-state index contributed by atoms with van der Waals surface area (Å²) in [6.45, 7) is 1.93. The molecule has 0 saturated carbocycles. The van der Waals surface area contributed by atoms with Crippen LogP contribution < -0.4 is 20.7 Å². The van der Waals surface area contributed by atoms with Crippen molar-refractivity contribution in [1.29, 1.82) is 0 Å². The fraction of sp³-hybridized carbons (Fsp3) is 0.235. The maximum atomic E-state index is 12.3. The number of fused-ring (bicyclic) bond motifs is 1. The van der Waals surface area contributed by atoms with Crippen molar-refractivity contribution < 1.29 is 13.9 Å². The third-order valence-electron chi connectivity index (χ3n) is 3.67. The molecule has 3 rings (SSSR count). The number of hydrogen-bond acceptors (Lipinski definition) is 6. The van der Waals surface area contributed by atoms with Gasteiger partial charge >= 0.3 is 5.63 Å². The molecule has 2 aromatic heterocycles. The van der Waals surface area contributed by atoms with Gasteiger partial charge in [-0.05, 0) is 24.1 Å². The van der Waals surface area contributed by atoms with Gasteiger partial charge in [-0.2, -0.15) is 4.98 Å². The number of H-pyrrole nitrogens is 1. The van der Waals surface area contributed by atoms with Gasteiger partial charge < -0.3 is 13.9 Å². The van der Waals surface area contributed by atoms with Gasteiger partial charge in [0.2, 0.25) is 5.71 Å². The van der Waals surface area contributed by atoms with Gasteiger partial charge in [0, 0.05) is 16.7 Å². The lowest BCUT2D eigenvalue weighted by molar-refractivity contribution is 0.272. The van der Waals surface area contributed by atoms with Crippen LogP contribution in [0.5, 0.6) is 11.8 Å². The van der Waals surface area contributed by atoms with Gasteiger partial charge in [0.1, 0.15) is 17.7 Å². The Labute approximate surface area is 147 Å². The van der Waals surface area contributed by atoms with Crippen molar-refractivity contribution >= 4 is 22.7 Å². The molecule has 0 saturated heterocycles. The highest BCUT2D eigenvalue weighted by atomic mass is 35.5. The normalized spacial score (nSPS) is 10.8. The summed E-state index contributed by atoms with van der Waals surface area (Å²) in [4.78, 5) is 30.5. The molecule has 0 spiro atoms. The minimum atomic E-state index is -0.562. The van der Waals surface area contributed by atoms with E-state index in [2.05, 4.69) is 9.97 Å². The van der Waals surface area contributed by atoms with Crippen LogP contribution in [0.4, 0.5) is 0 Å². The van der Waals surface area contributed by atoms with Gasteiger partial charge in [-0.3, -0.25) is 9.78 Å². The lowest BCUT2D eigenvalue weighted by Crippen LogP contribution is -2.15. The van der Waals surface area contributed by atoms with Crippen molar-refractivity contribution in [2.75, 3.05) is 7.11 Å². The Morgan fingerprint density at radius 3 is 2.76 bits per heavy atom. The highest BCUT2D eigenvalue weighted by Crippen LogP contribution is 2.24. The number of aryl methyl sites for hydroxylation is 1. The maximum absolute atomic E-state index is 12.3. The van der Waals surface area contributed by atoms with Crippen molar-refractivity contribution in [3.8, 4) is 11.8 Å². The van der Waals surface area contributed by atoms with E-state index in [1.807, 2.05) is 6.92 Å². The van der Waals surface area contributed by atoms with Gasteiger partial charge in [0.05, 0.1) is 7.11 Å². The molecule has 0 fully saturated rings. The summed E-state index contributed by atoms with van der Waals surface area (Å²) >= 11 is 5.92. The molecule has 3 aromatic rings. The number of rotatable bonds is 5. The molecule has 25 heavy (non-hydrogen) atoms. The van der Waals surface area contributed by atoms with Gasteiger partial charge in [0.25, 0.3) is 11.6 Å². The van der Waals surface area contributed by atoms with Crippen molar-refractivity contribution in [1.82, 2.24) is 9.97 Å². The average molecular weight is 363 g/mol. The summed E-state index contributed by atoms with van der Waals surface area (Å²) in [6, 6.07) is 6.34. The molecule has 0 bridgehead atoms. The predicted octanol–water partition coefficient (Wildman–Crippen LogP) is 2.68. The van der Waals surface area contributed by atoms with Crippen LogP contribution in [-0.2, 0) is 13.0 Å². The molecule has 0 aliphatic carbocycles. The SMILES string of the molecule is CCc1cc(=O)oc2nc(OCc3ccc(Cl)cc3OC)[nH]c(=O)c12. The van der Waals surface area contributed by atoms with E-state index in [1.54, 1.807) is 18.2 Å². The first kappa shape index (κ1) is 17.0. The first-order valence-electron chi connectivity index (χ1n) is 7.54. The minimum absolute atomic E-state index is 0.0498. The maximum Gasteiger partial charge on any atom is 0.337 e. The zero-order valence-corrected chi connectivity index (χ0v) is 14.3. The number of nitrogens with zero attached hydrogens (tertiary/aromatic N) is 1. The van der Waals surface area contributed by atoms with Gasteiger partial charge in [-0.25, -0.2) is 4.79 Å². The van der Waals surface area contributed by atoms with Crippen molar-refractivity contribution in [2.24, 2.45) is 0 Å². The second kappa shape index (κ2) is 6.98. The third-order valence-corrected chi connectivity index (χ3v) is 3.90. The first-order chi connectivity index (χ1) is 12.0. The van der Waals surface area contributed by atoms with E-state index in [4.69, 9.17) is 25.5 Å². The zero-order valence-electron chi connectivity index (χ0n) is 13.6. The molecule has 130 valence electrons. The average Bonchev–Trinajstić information content (AvgIpc) is 2.59. The van der Waals surface area contributed by atoms with E-state index in [1.165, 1.54) is 13.2 Å². The van der Waals surface area contributed by atoms with Crippen LogP contribution >= 0.6 is 11.6 Å². The number of aromatic nitrogens is 2. The summed E-state index contributed by atoms with van der Waals surface area (Å²) in [6.07, 6.45) is 0.509. The molecular weight excluding hydrogens is 348 g/mol. The fourth-order valence-corrected chi connectivity index (χ4v) is 2.62. The Bertz CT molecular complexity index is 1040. The summed E-state index contributed by atoms with van der Waals surface area (Å²) in [5, 5.41) is 0.783. The number of aromatic amines is 1. The van der Waals surface area contributed by atoms with E-state index in [-0.39, 0.29) is 23.7 Å². The molecule has 2 heterocycles. The lowest BCUT2D eigenvalue weighted by atomic mass is 10.1. The van der Waals surface area contributed by atoms with Crippen molar-refractivity contribution in [3.05, 3.63) is 61.2 Å². The molecule has 0 aliphatic rings. The van der Waals surface area contributed by atoms with Crippen molar-refractivity contribution in [2.45, 2.75) is 20.0 Å². The topological polar surface area (TPSA) is 94.4 Å². The fourth-order valence-electron chi connectivity index (χ4n) is 2.46. The summed E-state index contributed by atoms with van der Waals surface area (Å²) in [7, 11) is 1.52. The summed E-state index contributed by atoms with van der Waals surface area (Å²) < 4.78 is 15.8. The number of halogens is 1. The zero-order chi connectivity index (χ0) is 18.0. The number of ether oxygens (including phenoxy) is 2. The van der Waals surface area contributed by atoms with Gasteiger partial charge in [0.15, 0.2) is 0 Å². The van der Waals surface area contributed by atoms with Crippen LogP contribution in [0.15, 0.2) is 38.3 Å². The molecule has 0 amide bonds. The van der Waals surface area contributed by atoms with Crippen molar-refractivity contribution in [3.63, 3.8) is 0 Å². The summed E-state index contributed by atoms with van der Waals surface area (Å²) in [5.41, 5.74) is 0.256. The number of benzene rings is 1. The molecule has 0 unspecified atom stereocenters. The Balaban J connectivity index is 1.95. The molecule has 7 nitrogen and oxygen atoms in total. The third kappa shape index (κ3) is 3.51. The quantitative estimate of drug-likeness (QED) is 0.749. The number of hydrogen-bond donors (Lipinski definition) is 1. The highest BCUT2D eigenvalue weighted by molar-refractivity contribution is 6.30. The molecule has 0 radical (unpaired) electrons. The van der Waals surface area contributed by atoms with Crippen LogP contribution in [0.1, 0.15) is 18.1 Å². The number of nitrogens with one attached hydrogen (secondary N) is 1. The van der Waals surface area contributed by atoms with Crippen LogP contribution in [0.25, 0.3) is 11.1 Å². The van der Waals surface area contributed by atoms with E-state index in [0.29, 0.717) is 22.8 Å². The standard InChI is InChI=1S/C17H15ClN2O5/c1-3-9-6-13(21)25-16-14(9)15(22)19-17(20-16)24-8-10-4-5-11(18)7-12(10)23-2/h4-7H,3,8H2,1-2H3,(H,19,20,22). The van der Waals surface area contributed by atoms with Crippen LogP contribution in [0.2, 0.25) is 5.02 Å². The van der Waals surface area contributed by atoms with Gasteiger partial charge in [-0.15, -0.1) is 0 Å². The van der Waals surface area contributed by atoms with E-state index in [9.17, 15) is 9.59 Å². The van der Waals surface area contributed by atoms with Crippen LogP contribution in [0.3, 0.4) is 0 Å². The Morgan fingerprint density at radius 2 is 2.04 bits per heavy atom. The monoisotopic (exact) mass is 362 g/mol. The lowest BCUT2D eigenvalue weighted by Gasteiger charge is -2.10. The van der Waals surface area contributed by atoms with Gasteiger partial charge in [-0.1, -0.05) is 24.6 Å². The number of methoxy groups -OCH3 is 1. The minimum Gasteiger partial charge on any atom is -0.496 e. The molecule has 8 heteroatoms. The second-order valence-electron chi connectivity index (χ2n) is 5.24.